The van der Waals surface area contributed by atoms with Gasteiger partial charge in [0.25, 0.3) is 0 Å². The highest BCUT2D eigenvalue weighted by atomic mass is 19.1. The molecule has 0 aromatic heterocycles. The maximum atomic E-state index is 15.1. The number of hydrogen-bond donors (Lipinski definition) is 1. The lowest BCUT2D eigenvalue weighted by atomic mass is 9.86. The van der Waals surface area contributed by atoms with Gasteiger partial charge in [-0.1, -0.05) is 0 Å². The Hall–Kier alpha value is -1.83. The molecule has 5 nitrogen and oxygen atoms in total. The highest BCUT2D eigenvalue weighted by Crippen LogP contribution is 2.33. The molecule has 0 saturated carbocycles. The van der Waals surface area contributed by atoms with Crippen LogP contribution in [0.4, 0.5) is 19.3 Å². The average molecular weight is 377 g/mol. The maximum Gasteiger partial charge on any atom is 0.410 e. The third-order valence-electron chi connectivity index (χ3n) is 5.11. The van der Waals surface area contributed by atoms with Gasteiger partial charge < -0.3 is 19.8 Å². The van der Waals surface area contributed by atoms with Crippen molar-refractivity contribution in [3.63, 3.8) is 0 Å². The van der Waals surface area contributed by atoms with E-state index in [-0.39, 0.29) is 23.6 Å². The normalized spacial score (nSPS) is 20.4. The number of hydrogen-bond acceptors (Lipinski definition) is 4. The molecule has 1 aliphatic heterocycles. The topological polar surface area (TPSA) is 44.8 Å². The predicted molar refractivity (Wildman–Crippen MR) is 101 cm³/mol. The fraction of sp³-hybridized carbons (Fsp3) is 0.632. The van der Waals surface area contributed by atoms with E-state index in [0.717, 1.165) is 0 Å². The van der Waals surface area contributed by atoms with Crippen molar-refractivity contribution in [2.75, 3.05) is 31.1 Å². The number of halogens is 2. The van der Waals surface area contributed by atoms with E-state index >= 15 is 4.39 Å². The van der Waals surface area contributed by atoms with Crippen LogP contribution in [0, 0.1) is 11.6 Å². The molecule has 1 saturated heterocycles. The highest BCUT2D eigenvalue weighted by Gasteiger charge is 2.30. The van der Waals surface area contributed by atoms with Gasteiger partial charge in [0.2, 0.25) is 0 Å². The zero-order valence-corrected chi connectivity index (χ0v) is 16.1. The SMILES string of the molecule is [B]NC1CCc2c(F)c(N3CCN(C(=O)OC(C)(C)C)CC3)cc(F)c2C1. The number of rotatable bonds is 2. The van der Waals surface area contributed by atoms with Crippen molar-refractivity contribution < 1.29 is 18.3 Å². The maximum absolute atomic E-state index is 15.1. The zero-order chi connectivity index (χ0) is 19.8. The van der Waals surface area contributed by atoms with Crippen molar-refractivity contribution in [2.45, 2.75) is 51.7 Å². The van der Waals surface area contributed by atoms with Gasteiger partial charge in [-0.2, -0.15) is 0 Å². The van der Waals surface area contributed by atoms with Crippen LogP contribution >= 0.6 is 0 Å². The molecule has 0 spiro atoms. The Kier molecular flexibility index (Phi) is 5.65. The van der Waals surface area contributed by atoms with Crippen molar-refractivity contribution in [1.82, 2.24) is 10.1 Å². The summed E-state index contributed by atoms with van der Waals surface area (Å²) in [4.78, 5) is 15.6. The largest absolute Gasteiger partial charge is 0.444 e. The molecule has 2 radical (unpaired) electrons. The van der Waals surface area contributed by atoms with Gasteiger partial charge in [-0.05, 0) is 51.2 Å². The molecule has 1 aliphatic carbocycles. The summed E-state index contributed by atoms with van der Waals surface area (Å²) in [5, 5.41) is 2.65. The van der Waals surface area contributed by atoms with Crippen molar-refractivity contribution in [2.24, 2.45) is 0 Å². The van der Waals surface area contributed by atoms with E-state index in [2.05, 4.69) is 5.23 Å². The fourth-order valence-corrected chi connectivity index (χ4v) is 3.68. The van der Waals surface area contributed by atoms with Gasteiger partial charge in [-0.15, -0.1) is 0 Å². The van der Waals surface area contributed by atoms with Crippen LogP contribution in [0.3, 0.4) is 0 Å². The lowest BCUT2D eigenvalue weighted by Gasteiger charge is -2.37. The second-order valence-electron chi connectivity index (χ2n) is 8.21. The molecule has 1 N–H and O–H groups in total. The molecule has 3 rings (SSSR count). The molecule has 1 aromatic rings. The summed E-state index contributed by atoms with van der Waals surface area (Å²) in [5.74, 6) is -0.747. The summed E-state index contributed by atoms with van der Waals surface area (Å²) in [5.41, 5.74) is 0.580. The molecule has 27 heavy (non-hydrogen) atoms. The highest BCUT2D eigenvalue weighted by molar-refractivity contribution is 6.04. The molecule has 146 valence electrons. The van der Waals surface area contributed by atoms with Gasteiger partial charge in [0.15, 0.2) is 7.98 Å². The van der Waals surface area contributed by atoms with Gasteiger partial charge in [0.05, 0.1) is 5.69 Å². The monoisotopic (exact) mass is 377 g/mol. The fourth-order valence-electron chi connectivity index (χ4n) is 3.68. The Morgan fingerprint density at radius 1 is 1.22 bits per heavy atom. The summed E-state index contributed by atoms with van der Waals surface area (Å²) >= 11 is 0. The first-order chi connectivity index (χ1) is 12.7. The molecule has 1 unspecified atom stereocenters. The van der Waals surface area contributed by atoms with Crippen LogP contribution in [0.15, 0.2) is 6.07 Å². The van der Waals surface area contributed by atoms with E-state index in [4.69, 9.17) is 12.7 Å². The summed E-state index contributed by atoms with van der Waals surface area (Å²) in [6, 6.07) is 1.24. The number of ether oxygens (including phenoxy) is 1. The summed E-state index contributed by atoms with van der Waals surface area (Å²) < 4.78 is 35.1. The van der Waals surface area contributed by atoms with Gasteiger partial charge in [0.1, 0.15) is 17.2 Å². The molecule has 1 atom stereocenters. The third-order valence-corrected chi connectivity index (χ3v) is 5.11. The molecular weight excluding hydrogens is 351 g/mol. The first kappa shape index (κ1) is 19.9. The number of nitrogens with one attached hydrogen (secondary N) is 1. The Morgan fingerprint density at radius 3 is 2.48 bits per heavy atom. The number of benzene rings is 1. The van der Waals surface area contributed by atoms with Crippen LogP contribution in [-0.2, 0) is 17.6 Å². The number of carbonyl (C=O) groups excluding carboxylic acids is 1. The molecule has 1 aromatic carbocycles. The number of nitrogens with zero attached hydrogens (tertiary/aromatic N) is 2. The second kappa shape index (κ2) is 7.66. The van der Waals surface area contributed by atoms with E-state index in [9.17, 15) is 9.18 Å². The molecule has 1 fully saturated rings. The van der Waals surface area contributed by atoms with Crippen molar-refractivity contribution >= 4 is 19.8 Å². The summed E-state index contributed by atoms with van der Waals surface area (Å²) in [7, 11) is 5.45. The number of fused-ring (bicyclic) bond motifs is 1. The minimum absolute atomic E-state index is 0.0328. The first-order valence-electron chi connectivity index (χ1n) is 9.38. The average Bonchev–Trinajstić information content (AvgIpc) is 2.63. The second-order valence-corrected chi connectivity index (χ2v) is 8.21. The van der Waals surface area contributed by atoms with Gasteiger partial charge >= 0.3 is 6.09 Å². The molecule has 1 amide bonds. The summed E-state index contributed by atoms with van der Waals surface area (Å²) in [6.07, 6.45) is 1.15. The molecule has 0 bridgehead atoms. The van der Waals surface area contributed by atoms with Crippen LogP contribution in [0.25, 0.3) is 0 Å². The number of anilines is 1. The predicted octanol–water partition coefficient (Wildman–Crippen LogP) is 2.55. The van der Waals surface area contributed by atoms with Crippen LogP contribution < -0.4 is 10.1 Å². The molecular formula is C19H26BF2N3O2. The van der Waals surface area contributed by atoms with Crippen molar-refractivity contribution in [3.05, 3.63) is 28.8 Å². The van der Waals surface area contributed by atoms with E-state index in [0.29, 0.717) is 56.6 Å². The van der Waals surface area contributed by atoms with Gasteiger partial charge in [0, 0.05) is 38.3 Å². The van der Waals surface area contributed by atoms with Crippen LogP contribution in [0.1, 0.15) is 38.3 Å². The lowest BCUT2D eigenvalue weighted by molar-refractivity contribution is 0.0240. The minimum Gasteiger partial charge on any atom is -0.444 e. The first-order valence-corrected chi connectivity index (χ1v) is 9.38. The zero-order valence-electron chi connectivity index (χ0n) is 16.1. The van der Waals surface area contributed by atoms with E-state index in [1.54, 1.807) is 9.80 Å². The summed E-state index contributed by atoms with van der Waals surface area (Å²) in [6.45, 7) is 7.13. The number of amides is 1. The minimum atomic E-state index is -0.557. The number of piperazine rings is 1. The molecule has 8 heteroatoms. The quantitative estimate of drug-likeness (QED) is 0.805. The smallest absolute Gasteiger partial charge is 0.410 e. The molecule has 2 aliphatic rings. The van der Waals surface area contributed by atoms with Crippen molar-refractivity contribution in [1.29, 1.82) is 0 Å². The standard InChI is InChI=1S/C19H26BF2N3O2/c1-19(2,3)27-18(26)25-8-6-24(7-9-25)16-11-15(21)14-10-12(23-20)4-5-13(14)17(16)22/h11-12,23H,4-10H2,1-3H3. The van der Waals surface area contributed by atoms with E-state index < -0.39 is 11.4 Å². The van der Waals surface area contributed by atoms with Crippen LogP contribution in [0.5, 0.6) is 0 Å². The van der Waals surface area contributed by atoms with Crippen molar-refractivity contribution in [3.8, 4) is 0 Å². The Bertz CT molecular complexity index is 716. The molecule has 1 heterocycles. The van der Waals surface area contributed by atoms with Crippen LogP contribution in [-0.4, -0.2) is 56.8 Å². The Labute approximate surface area is 160 Å². The third kappa shape index (κ3) is 4.37. The van der Waals surface area contributed by atoms with Crippen LogP contribution in [0.2, 0.25) is 0 Å². The Morgan fingerprint density at radius 2 is 1.89 bits per heavy atom. The number of carbonyl (C=O) groups is 1. The lowest BCUT2D eigenvalue weighted by Crippen LogP contribution is -2.50. The van der Waals surface area contributed by atoms with Gasteiger partial charge in [-0.25, -0.2) is 13.6 Å². The van der Waals surface area contributed by atoms with Gasteiger partial charge in [-0.3, -0.25) is 0 Å². The van der Waals surface area contributed by atoms with E-state index in [1.165, 1.54) is 6.07 Å². The Balaban J connectivity index is 1.72. The van der Waals surface area contributed by atoms with E-state index in [1.807, 2.05) is 20.8 Å².